The molecule has 0 radical (unpaired) electrons. The summed E-state index contributed by atoms with van der Waals surface area (Å²) in [5, 5.41) is 2.46. The number of likely N-dealkylation sites (tertiary alicyclic amines) is 1. The molecule has 0 aliphatic carbocycles. The van der Waals surface area contributed by atoms with Gasteiger partial charge in [0.15, 0.2) is 0 Å². The van der Waals surface area contributed by atoms with Gasteiger partial charge in [0, 0.05) is 30.5 Å². The van der Waals surface area contributed by atoms with E-state index in [1.165, 1.54) is 11.1 Å². The van der Waals surface area contributed by atoms with Crippen molar-refractivity contribution in [2.24, 2.45) is 5.92 Å². The van der Waals surface area contributed by atoms with Crippen molar-refractivity contribution >= 4 is 32.4 Å². The molecule has 1 aromatic carbocycles. The largest absolute Gasteiger partial charge is 0.352 e. The number of halogens is 3. The minimum atomic E-state index is -5.05. The molecule has 2 amide bonds. The molecule has 0 unspecified atom stereocenters. The van der Waals surface area contributed by atoms with Crippen LogP contribution in [-0.4, -0.2) is 47.3 Å². The predicted molar refractivity (Wildman–Crippen MR) is 91.8 cm³/mol. The quantitative estimate of drug-likeness (QED) is 0.821. The molecule has 3 rings (SSSR count). The second-order valence-electron chi connectivity index (χ2n) is 6.00. The van der Waals surface area contributed by atoms with E-state index in [0.717, 1.165) is 29.7 Å². The first kappa shape index (κ1) is 19.5. The minimum absolute atomic E-state index is 0.0308. The smallest absolute Gasteiger partial charge is 0.324 e. The molecule has 7 nitrogen and oxygen atoms in total. The molecular weight excluding hydrogens is 405 g/mol. The second kappa shape index (κ2) is 7.43. The van der Waals surface area contributed by atoms with Gasteiger partial charge in [-0.1, -0.05) is 10.6 Å². The molecule has 0 bridgehead atoms. The van der Waals surface area contributed by atoms with Gasteiger partial charge in [0.05, 0.1) is 11.1 Å². The number of nitrogens with zero attached hydrogens (tertiary/aromatic N) is 3. The van der Waals surface area contributed by atoms with Crippen LogP contribution in [0, 0.1) is 11.7 Å². The van der Waals surface area contributed by atoms with E-state index in [-0.39, 0.29) is 25.9 Å². The zero-order valence-corrected chi connectivity index (χ0v) is 15.4. The maximum Gasteiger partial charge on any atom is 0.352 e. The van der Waals surface area contributed by atoms with Crippen molar-refractivity contribution in [3.05, 3.63) is 36.3 Å². The summed E-state index contributed by atoms with van der Waals surface area (Å²) in [5.74, 6) is -2.38. The van der Waals surface area contributed by atoms with Gasteiger partial charge in [-0.25, -0.2) is 17.6 Å². The summed E-state index contributed by atoms with van der Waals surface area (Å²) in [6.45, 7) is -0.0615. The van der Waals surface area contributed by atoms with Crippen LogP contribution in [0.25, 0.3) is 0 Å². The van der Waals surface area contributed by atoms with E-state index in [9.17, 15) is 26.4 Å². The van der Waals surface area contributed by atoms with Crippen LogP contribution in [0.5, 0.6) is 0 Å². The van der Waals surface area contributed by atoms with Crippen molar-refractivity contribution in [3.8, 4) is 0 Å². The van der Waals surface area contributed by atoms with Crippen molar-refractivity contribution in [1.82, 2.24) is 14.5 Å². The third-order valence-corrected chi connectivity index (χ3v) is 6.82. The third kappa shape index (κ3) is 3.90. The Kier molecular flexibility index (Phi) is 5.38. The summed E-state index contributed by atoms with van der Waals surface area (Å²) >= 11 is 0.973. The average molecular weight is 420 g/mol. The van der Waals surface area contributed by atoms with Crippen LogP contribution in [0.4, 0.5) is 23.0 Å². The number of nitrogens with one attached hydrogen (secondary N) is 1. The molecule has 2 heterocycles. The Morgan fingerprint density at radius 3 is 2.59 bits per heavy atom. The Balaban J connectivity index is 1.68. The number of benzene rings is 1. The van der Waals surface area contributed by atoms with E-state index in [0.29, 0.717) is 11.1 Å². The number of urea groups is 1. The van der Waals surface area contributed by atoms with Gasteiger partial charge in [0.25, 0.3) is 0 Å². The molecule has 1 N–H and O–H groups in total. The second-order valence-corrected chi connectivity index (χ2v) is 8.80. The lowest BCUT2D eigenvalue weighted by Gasteiger charge is -2.35. The number of rotatable bonds is 4. The van der Waals surface area contributed by atoms with Crippen molar-refractivity contribution in [3.63, 3.8) is 0 Å². The number of carbonyl (C=O) groups is 1. The molecule has 2 aromatic rings. The summed E-state index contributed by atoms with van der Waals surface area (Å²) in [7, 11) is -5.05. The molecular formula is C15H15F3N4O3S2. The molecule has 1 aliphatic rings. The number of hydrogen-bond acceptors (Lipinski definition) is 6. The zero-order chi connectivity index (χ0) is 19.7. The lowest BCUT2D eigenvalue weighted by molar-refractivity contribution is 0.000418. The first-order chi connectivity index (χ1) is 12.7. The highest BCUT2D eigenvalue weighted by molar-refractivity contribution is 7.92. The molecule has 0 atom stereocenters. The van der Waals surface area contributed by atoms with Crippen molar-refractivity contribution in [1.29, 1.82) is 0 Å². The maximum absolute atomic E-state index is 14.7. The van der Waals surface area contributed by atoms with Crippen molar-refractivity contribution < 1.29 is 26.4 Å². The van der Waals surface area contributed by atoms with Gasteiger partial charge in [-0.3, -0.25) is 5.32 Å². The standard InChI is InChI=1S/C15H15F3N4O3S2/c16-11-2-1-3-12(8-11)27(24,25)15(17,18)10-4-6-22(7-5-10)14(23)20-13-9-19-21-26-13/h1-3,8-10H,4-7H2,(H,20,23). The SMILES string of the molecule is O=C(Nc1cnns1)N1CCC(C(F)(F)S(=O)(=O)c2cccc(F)c2)CC1. The maximum atomic E-state index is 14.7. The fourth-order valence-electron chi connectivity index (χ4n) is 2.84. The van der Waals surface area contributed by atoms with Crippen LogP contribution >= 0.6 is 11.5 Å². The van der Waals surface area contributed by atoms with Crippen LogP contribution in [-0.2, 0) is 9.84 Å². The molecule has 1 aliphatic heterocycles. The summed E-state index contributed by atoms with van der Waals surface area (Å²) in [6, 6.07) is 3.08. The minimum Gasteiger partial charge on any atom is -0.324 e. The predicted octanol–water partition coefficient (Wildman–Crippen LogP) is 2.99. The van der Waals surface area contributed by atoms with E-state index >= 15 is 0 Å². The van der Waals surface area contributed by atoms with E-state index in [1.807, 2.05) is 0 Å². The monoisotopic (exact) mass is 420 g/mol. The number of amides is 2. The number of hydrogen-bond donors (Lipinski definition) is 1. The van der Waals surface area contributed by atoms with Crippen LogP contribution in [0.2, 0.25) is 0 Å². The van der Waals surface area contributed by atoms with Crippen molar-refractivity contribution in [2.75, 3.05) is 18.4 Å². The first-order valence-electron chi connectivity index (χ1n) is 7.93. The lowest BCUT2D eigenvalue weighted by Crippen LogP contribution is -2.47. The van der Waals surface area contributed by atoms with Gasteiger partial charge in [0.2, 0.25) is 9.84 Å². The van der Waals surface area contributed by atoms with E-state index in [1.54, 1.807) is 0 Å². The van der Waals surface area contributed by atoms with Gasteiger partial charge < -0.3 is 4.90 Å². The zero-order valence-electron chi connectivity index (χ0n) is 13.8. The Morgan fingerprint density at radius 2 is 2.00 bits per heavy atom. The van der Waals surface area contributed by atoms with Crippen LogP contribution in [0.15, 0.2) is 35.4 Å². The highest BCUT2D eigenvalue weighted by Gasteiger charge is 2.53. The lowest BCUT2D eigenvalue weighted by atomic mass is 9.97. The highest BCUT2D eigenvalue weighted by atomic mass is 32.2. The Hall–Kier alpha value is -2.21. The highest BCUT2D eigenvalue weighted by Crippen LogP contribution is 2.41. The van der Waals surface area contributed by atoms with Gasteiger partial charge in [-0.2, -0.15) is 8.78 Å². The molecule has 0 spiro atoms. The normalized spacial score (nSPS) is 16.3. The fourth-order valence-corrected chi connectivity index (χ4v) is 4.76. The number of piperidine rings is 1. The number of aromatic nitrogens is 2. The van der Waals surface area contributed by atoms with Crippen LogP contribution in [0.3, 0.4) is 0 Å². The van der Waals surface area contributed by atoms with Gasteiger partial charge in [-0.05, 0) is 31.0 Å². The first-order valence-corrected chi connectivity index (χ1v) is 10.2. The van der Waals surface area contributed by atoms with Crippen LogP contribution in [0.1, 0.15) is 12.8 Å². The third-order valence-electron chi connectivity index (χ3n) is 4.31. The molecule has 12 heteroatoms. The summed E-state index contributed by atoms with van der Waals surface area (Å²) in [6.07, 6.45) is 0.959. The average Bonchev–Trinajstić information content (AvgIpc) is 3.14. The number of alkyl halides is 2. The molecule has 27 heavy (non-hydrogen) atoms. The summed E-state index contributed by atoms with van der Waals surface area (Å²) in [4.78, 5) is 12.7. The molecule has 1 saturated heterocycles. The topological polar surface area (TPSA) is 92.3 Å². The molecule has 1 aromatic heterocycles. The Labute approximate surface area is 157 Å². The Bertz CT molecular complexity index is 914. The van der Waals surface area contributed by atoms with Crippen LogP contribution < -0.4 is 5.32 Å². The number of carbonyl (C=O) groups excluding carboxylic acids is 1. The molecule has 0 saturated carbocycles. The van der Waals surface area contributed by atoms with E-state index in [2.05, 4.69) is 14.9 Å². The fraction of sp³-hybridized carbons (Fsp3) is 0.400. The van der Waals surface area contributed by atoms with E-state index < -0.39 is 37.8 Å². The van der Waals surface area contributed by atoms with E-state index in [4.69, 9.17) is 0 Å². The van der Waals surface area contributed by atoms with Crippen molar-refractivity contribution in [2.45, 2.75) is 23.0 Å². The molecule has 146 valence electrons. The summed E-state index contributed by atoms with van der Waals surface area (Å²) < 4.78 is 70.9. The Morgan fingerprint density at radius 1 is 1.30 bits per heavy atom. The summed E-state index contributed by atoms with van der Waals surface area (Å²) in [5.41, 5.74) is 0. The van der Waals surface area contributed by atoms with Gasteiger partial charge >= 0.3 is 11.3 Å². The molecule has 1 fully saturated rings. The number of anilines is 1. The number of sulfone groups is 1. The van der Waals surface area contributed by atoms with Gasteiger partial charge in [-0.15, -0.1) is 5.10 Å². The van der Waals surface area contributed by atoms with Gasteiger partial charge in [0.1, 0.15) is 10.8 Å².